The maximum atomic E-state index is 8.80. The zero-order valence-corrected chi connectivity index (χ0v) is 10.7. The molecular formula is C15H19N3. The monoisotopic (exact) mass is 241 g/mol. The van der Waals surface area contributed by atoms with Gasteiger partial charge >= 0.3 is 0 Å². The molecule has 0 amide bonds. The van der Waals surface area contributed by atoms with E-state index in [1.165, 1.54) is 12.1 Å². The van der Waals surface area contributed by atoms with E-state index in [-0.39, 0.29) is 0 Å². The highest BCUT2D eigenvalue weighted by Gasteiger charge is 2.13. The topological polar surface area (TPSA) is 30.3 Å². The Bertz CT molecular complexity index is 430. The van der Waals surface area contributed by atoms with E-state index in [0.717, 1.165) is 38.3 Å². The Labute approximate surface area is 109 Å². The molecule has 18 heavy (non-hydrogen) atoms. The molecule has 1 heterocycles. The van der Waals surface area contributed by atoms with Crippen LogP contribution in [-0.2, 0) is 0 Å². The summed E-state index contributed by atoms with van der Waals surface area (Å²) in [6.45, 7) is 9.11. The van der Waals surface area contributed by atoms with Crippen LogP contribution in [0.4, 0.5) is 5.69 Å². The zero-order chi connectivity index (χ0) is 12.8. The van der Waals surface area contributed by atoms with Crippen molar-refractivity contribution in [3.05, 3.63) is 42.5 Å². The quantitative estimate of drug-likeness (QED) is 0.760. The lowest BCUT2D eigenvalue weighted by atomic mass is 10.2. The molecule has 1 fully saturated rings. The smallest absolute Gasteiger partial charge is 0.0991 e. The molecule has 0 bridgehead atoms. The standard InChI is InChI=1S/C15H19N3/c1-2-8-17-9-3-10-18(12-11-17)15-6-4-14(13-16)5-7-15/h2,4-7H,1,3,8-12H2. The Morgan fingerprint density at radius 2 is 1.94 bits per heavy atom. The van der Waals surface area contributed by atoms with Crippen molar-refractivity contribution in [1.82, 2.24) is 4.90 Å². The third kappa shape index (κ3) is 3.12. The number of hydrogen-bond acceptors (Lipinski definition) is 3. The van der Waals surface area contributed by atoms with Gasteiger partial charge in [-0.1, -0.05) is 6.08 Å². The van der Waals surface area contributed by atoms with Gasteiger partial charge in [-0.25, -0.2) is 0 Å². The molecule has 1 aromatic carbocycles. The third-order valence-corrected chi connectivity index (χ3v) is 3.34. The van der Waals surface area contributed by atoms with Crippen molar-refractivity contribution in [3.63, 3.8) is 0 Å². The van der Waals surface area contributed by atoms with Gasteiger partial charge in [-0.05, 0) is 30.7 Å². The fourth-order valence-electron chi connectivity index (χ4n) is 2.34. The highest BCUT2D eigenvalue weighted by molar-refractivity contribution is 5.49. The summed E-state index contributed by atoms with van der Waals surface area (Å²) in [6, 6.07) is 10.0. The molecule has 0 aromatic heterocycles. The van der Waals surface area contributed by atoms with Crippen LogP contribution in [0.3, 0.4) is 0 Å². The average molecular weight is 241 g/mol. The van der Waals surface area contributed by atoms with Crippen LogP contribution in [0.5, 0.6) is 0 Å². The summed E-state index contributed by atoms with van der Waals surface area (Å²) >= 11 is 0. The van der Waals surface area contributed by atoms with Crippen LogP contribution in [0, 0.1) is 11.3 Å². The lowest BCUT2D eigenvalue weighted by Gasteiger charge is -2.23. The second-order valence-electron chi connectivity index (χ2n) is 4.59. The predicted molar refractivity (Wildman–Crippen MR) is 74.6 cm³/mol. The first-order valence-corrected chi connectivity index (χ1v) is 6.42. The molecule has 0 saturated carbocycles. The van der Waals surface area contributed by atoms with Gasteiger partial charge in [-0.15, -0.1) is 6.58 Å². The lowest BCUT2D eigenvalue weighted by molar-refractivity contribution is 0.325. The Hall–Kier alpha value is -1.79. The molecule has 94 valence electrons. The molecule has 0 N–H and O–H groups in total. The summed E-state index contributed by atoms with van der Waals surface area (Å²) in [4.78, 5) is 4.82. The van der Waals surface area contributed by atoms with Crippen molar-refractivity contribution in [3.8, 4) is 6.07 Å². The molecule has 0 radical (unpaired) electrons. The van der Waals surface area contributed by atoms with E-state index in [1.54, 1.807) is 0 Å². The Morgan fingerprint density at radius 3 is 2.61 bits per heavy atom. The minimum absolute atomic E-state index is 0.724. The number of rotatable bonds is 3. The molecule has 0 unspecified atom stereocenters. The molecule has 0 aliphatic carbocycles. The van der Waals surface area contributed by atoms with Crippen LogP contribution in [-0.4, -0.2) is 37.6 Å². The van der Waals surface area contributed by atoms with Crippen LogP contribution < -0.4 is 4.90 Å². The van der Waals surface area contributed by atoms with Crippen molar-refractivity contribution in [2.24, 2.45) is 0 Å². The maximum absolute atomic E-state index is 8.80. The molecule has 3 nitrogen and oxygen atoms in total. The van der Waals surface area contributed by atoms with Crippen molar-refractivity contribution in [1.29, 1.82) is 5.26 Å². The highest BCUT2D eigenvalue weighted by atomic mass is 15.2. The summed E-state index contributed by atoms with van der Waals surface area (Å²) in [7, 11) is 0. The molecule has 1 aliphatic heterocycles. The normalized spacial score (nSPS) is 16.9. The van der Waals surface area contributed by atoms with Crippen LogP contribution in [0.2, 0.25) is 0 Å². The zero-order valence-electron chi connectivity index (χ0n) is 10.7. The number of nitrogens with zero attached hydrogens (tertiary/aromatic N) is 3. The minimum atomic E-state index is 0.724. The van der Waals surface area contributed by atoms with E-state index in [1.807, 2.05) is 30.3 Å². The van der Waals surface area contributed by atoms with E-state index in [9.17, 15) is 0 Å². The van der Waals surface area contributed by atoms with Crippen molar-refractivity contribution in [2.45, 2.75) is 6.42 Å². The van der Waals surface area contributed by atoms with Gasteiger partial charge in [0, 0.05) is 38.4 Å². The molecule has 1 aliphatic rings. The van der Waals surface area contributed by atoms with E-state index in [0.29, 0.717) is 0 Å². The van der Waals surface area contributed by atoms with Crippen molar-refractivity contribution < 1.29 is 0 Å². The largest absolute Gasteiger partial charge is 0.370 e. The first-order valence-electron chi connectivity index (χ1n) is 6.42. The van der Waals surface area contributed by atoms with E-state index in [4.69, 9.17) is 5.26 Å². The summed E-state index contributed by atoms with van der Waals surface area (Å²) in [5.41, 5.74) is 1.94. The van der Waals surface area contributed by atoms with Gasteiger partial charge in [0.1, 0.15) is 0 Å². The molecule has 0 atom stereocenters. The Kier molecular flexibility index (Phi) is 4.38. The van der Waals surface area contributed by atoms with E-state index >= 15 is 0 Å². The molecular weight excluding hydrogens is 222 g/mol. The summed E-state index contributed by atoms with van der Waals surface area (Å²) in [5.74, 6) is 0. The second kappa shape index (κ2) is 6.23. The highest BCUT2D eigenvalue weighted by Crippen LogP contribution is 2.17. The van der Waals surface area contributed by atoms with E-state index < -0.39 is 0 Å². The van der Waals surface area contributed by atoms with Gasteiger partial charge < -0.3 is 4.90 Å². The van der Waals surface area contributed by atoms with Gasteiger partial charge in [0.2, 0.25) is 0 Å². The molecule has 2 rings (SSSR count). The average Bonchev–Trinajstić information content (AvgIpc) is 2.65. The van der Waals surface area contributed by atoms with Gasteiger partial charge in [-0.3, -0.25) is 4.90 Å². The summed E-state index contributed by atoms with van der Waals surface area (Å²) < 4.78 is 0. The van der Waals surface area contributed by atoms with Crippen LogP contribution in [0.15, 0.2) is 36.9 Å². The SMILES string of the molecule is C=CCN1CCCN(c2ccc(C#N)cc2)CC1. The summed E-state index contributed by atoms with van der Waals surface area (Å²) in [5, 5.41) is 8.80. The van der Waals surface area contributed by atoms with Crippen LogP contribution in [0.25, 0.3) is 0 Å². The number of hydrogen-bond donors (Lipinski definition) is 0. The van der Waals surface area contributed by atoms with Crippen molar-refractivity contribution in [2.75, 3.05) is 37.6 Å². The predicted octanol–water partition coefficient (Wildman–Crippen LogP) is 2.26. The Balaban J connectivity index is 2.00. The fourth-order valence-corrected chi connectivity index (χ4v) is 2.34. The maximum Gasteiger partial charge on any atom is 0.0991 e. The fraction of sp³-hybridized carbons (Fsp3) is 0.400. The first-order chi connectivity index (χ1) is 8.83. The van der Waals surface area contributed by atoms with Gasteiger partial charge in [0.25, 0.3) is 0 Å². The molecule has 0 spiro atoms. The molecule has 3 heteroatoms. The molecule has 1 saturated heterocycles. The van der Waals surface area contributed by atoms with Crippen molar-refractivity contribution >= 4 is 5.69 Å². The Morgan fingerprint density at radius 1 is 1.17 bits per heavy atom. The van der Waals surface area contributed by atoms with Gasteiger partial charge in [0.05, 0.1) is 11.6 Å². The van der Waals surface area contributed by atoms with Crippen LogP contribution >= 0.6 is 0 Å². The number of nitriles is 1. The van der Waals surface area contributed by atoms with Gasteiger partial charge in [-0.2, -0.15) is 5.26 Å². The number of anilines is 1. The van der Waals surface area contributed by atoms with Gasteiger partial charge in [0.15, 0.2) is 0 Å². The van der Waals surface area contributed by atoms with Crippen LogP contribution in [0.1, 0.15) is 12.0 Å². The second-order valence-corrected chi connectivity index (χ2v) is 4.59. The third-order valence-electron chi connectivity index (χ3n) is 3.34. The lowest BCUT2D eigenvalue weighted by Crippen LogP contribution is -2.30. The van der Waals surface area contributed by atoms with E-state index in [2.05, 4.69) is 22.4 Å². The number of benzene rings is 1. The summed E-state index contributed by atoms with van der Waals surface area (Å²) in [6.07, 6.45) is 3.14. The minimum Gasteiger partial charge on any atom is -0.370 e. The first kappa shape index (κ1) is 12.7. The molecule has 1 aromatic rings.